The lowest BCUT2D eigenvalue weighted by Crippen LogP contribution is -2.36. The van der Waals surface area contributed by atoms with E-state index in [1.165, 1.54) is 4.31 Å². The molecule has 0 saturated heterocycles. The normalized spacial score (nSPS) is 15.1. The van der Waals surface area contributed by atoms with Crippen LogP contribution in [0.3, 0.4) is 0 Å². The first-order valence-corrected chi connectivity index (χ1v) is 10.5. The van der Waals surface area contributed by atoms with Crippen LogP contribution in [0.2, 0.25) is 0 Å². The van der Waals surface area contributed by atoms with Crippen LogP contribution in [0, 0.1) is 11.3 Å². The highest BCUT2D eigenvalue weighted by Gasteiger charge is 2.31. The molecule has 0 saturated carbocycles. The molecule has 1 aliphatic rings. The highest BCUT2D eigenvalue weighted by Crippen LogP contribution is 2.26. The van der Waals surface area contributed by atoms with Crippen molar-refractivity contribution in [2.24, 2.45) is 0 Å². The van der Waals surface area contributed by atoms with E-state index in [-0.39, 0.29) is 24.6 Å². The average molecular weight is 453 g/mol. The summed E-state index contributed by atoms with van der Waals surface area (Å²) in [6.07, 6.45) is -2.84. The van der Waals surface area contributed by atoms with Crippen molar-refractivity contribution in [1.82, 2.24) is 9.79 Å². The molecule has 0 amide bonds. The topological polar surface area (TPSA) is 91.7 Å². The fourth-order valence-electron chi connectivity index (χ4n) is 2.89. The van der Waals surface area contributed by atoms with Gasteiger partial charge in [-0.2, -0.15) is 9.57 Å². The Labute approximate surface area is 177 Å². The van der Waals surface area contributed by atoms with Crippen LogP contribution in [-0.4, -0.2) is 32.2 Å². The van der Waals surface area contributed by atoms with Crippen LogP contribution in [0.15, 0.2) is 65.2 Å². The predicted octanol–water partition coefficient (Wildman–Crippen LogP) is 3.46. The molecule has 0 spiro atoms. The lowest BCUT2D eigenvalue weighted by atomic mass is 10.1. The monoisotopic (exact) mass is 453 g/mol. The minimum Gasteiger partial charge on any atom is -0.406 e. The minimum absolute atomic E-state index is 0.0730. The van der Waals surface area contributed by atoms with Gasteiger partial charge in [-0.25, -0.2) is 8.42 Å². The summed E-state index contributed by atoms with van der Waals surface area (Å²) in [5.74, 6) is -0.494. The van der Waals surface area contributed by atoms with Crippen LogP contribution >= 0.6 is 0 Å². The second kappa shape index (κ2) is 9.38. The zero-order valence-electron chi connectivity index (χ0n) is 16.1. The van der Waals surface area contributed by atoms with E-state index in [1.54, 1.807) is 30.3 Å². The summed E-state index contributed by atoms with van der Waals surface area (Å²) in [5, 5.41) is 9.07. The number of hydroxylamine groups is 1. The van der Waals surface area contributed by atoms with Crippen LogP contribution in [-0.2, 0) is 21.5 Å². The molecule has 2 aromatic carbocycles. The highest BCUT2D eigenvalue weighted by atomic mass is 32.2. The van der Waals surface area contributed by atoms with Crippen LogP contribution in [0.5, 0.6) is 5.75 Å². The van der Waals surface area contributed by atoms with Gasteiger partial charge in [0, 0.05) is 25.2 Å². The first-order chi connectivity index (χ1) is 14.7. The standard InChI is InChI=1S/C20H18F3N3O4S/c21-20(22,23)30-18-5-7-19(8-6-18)31(27,28)26-11-9-17(10-12-26)25-29-14-16-4-2-1-3-15(16)13-24/h1-9,25H,10-12,14H2. The molecule has 1 aliphatic heterocycles. The summed E-state index contributed by atoms with van der Waals surface area (Å²) in [5.41, 5.74) is 4.68. The molecule has 3 rings (SSSR count). The smallest absolute Gasteiger partial charge is 0.406 e. The number of rotatable bonds is 7. The maximum Gasteiger partial charge on any atom is 0.573 e. The van der Waals surface area contributed by atoms with Gasteiger partial charge < -0.3 is 4.74 Å². The van der Waals surface area contributed by atoms with Gasteiger partial charge in [0.15, 0.2) is 0 Å². The van der Waals surface area contributed by atoms with Crippen LogP contribution in [0.1, 0.15) is 17.5 Å². The molecule has 0 fully saturated rings. The molecule has 0 unspecified atom stereocenters. The van der Waals surface area contributed by atoms with Crippen molar-refractivity contribution in [1.29, 1.82) is 5.26 Å². The minimum atomic E-state index is -4.85. The van der Waals surface area contributed by atoms with Gasteiger partial charge in [0.1, 0.15) is 12.4 Å². The van der Waals surface area contributed by atoms with Crippen molar-refractivity contribution >= 4 is 10.0 Å². The van der Waals surface area contributed by atoms with E-state index in [9.17, 15) is 21.6 Å². The second-order valence-corrected chi connectivity index (χ2v) is 8.46. The van der Waals surface area contributed by atoms with Gasteiger partial charge >= 0.3 is 6.36 Å². The van der Waals surface area contributed by atoms with Crippen molar-refractivity contribution in [3.63, 3.8) is 0 Å². The number of hydrogen-bond donors (Lipinski definition) is 1. The third kappa shape index (κ3) is 5.97. The van der Waals surface area contributed by atoms with Crippen LogP contribution < -0.4 is 10.2 Å². The molecule has 1 heterocycles. The van der Waals surface area contributed by atoms with Gasteiger partial charge in [0.05, 0.1) is 16.5 Å². The Morgan fingerprint density at radius 2 is 1.84 bits per heavy atom. The van der Waals surface area contributed by atoms with Gasteiger partial charge in [-0.1, -0.05) is 18.2 Å². The van der Waals surface area contributed by atoms with Gasteiger partial charge in [0.25, 0.3) is 0 Å². The van der Waals surface area contributed by atoms with Crippen molar-refractivity contribution < 1.29 is 31.2 Å². The summed E-state index contributed by atoms with van der Waals surface area (Å²) < 4.78 is 67.1. The van der Waals surface area contributed by atoms with E-state index in [0.717, 1.165) is 29.8 Å². The van der Waals surface area contributed by atoms with Gasteiger partial charge in [0.2, 0.25) is 10.0 Å². The van der Waals surface area contributed by atoms with Crippen molar-refractivity contribution in [2.75, 3.05) is 13.1 Å². The fourth-order valence-corrected chi connectivity index (χ4v) is 4.27. The maximum absolute atomic E-state index is 12.7. The average Bonchev–Trinajstić information content (AvgIpc) is 2.74. The summed E-state index contributed by atoms with van der Waals surface area (Å²) >= 11 is 0. The number of alkyl halides is 3. The Kier molecular flexibility index (Phi) is 6.84. The van der Waals surface area contributed by atoms with Gasteiger partial charge in [-0.05, 0) is 42.0 Å². The molecule has 0 atom stereocenters. The number of halogens is 3. The van der Waals surface area contributed by atoms with E-state index in [2.05, 4.69) is 16.3 Å². The maximum atomic E-state index is 12.7. The molecule has 0 aromatic heterocycles. The fraction of sp³-hybridized carbons (Fsp3) is 0.250. The summed E-state index contributed by atoms with van der Waals surface area (Å²) in [7, 11) is -3.87. The van der Waals surface area contributed by atoms with E-state index in [0.29, 0.717) is 17.7 Å². The lowest BCUT2D eigenvalue weighted by Gasteiger charge is -2.26. The predicted molar refractivity (Wildman–Crippen MR) is 104 cm³/mol. The number of nitrogens with one attached hydrogen (secondary N) is 1. The number of hydrogen-bond acceptors (Lipinski definition) is 6. The molecule has 0 aliphatic carbocycles. The first kappa shape index (κ1) is 22.6. The third-order valence-electron chi connectivity index (χ3n) is 4.44. The third-order valence-corrected chi connectivity index (χ3v) is 6.32. The quantitative estimate of drug-likeness (QED) is 0.646. The number of nitriles is 1. The Morgan fingerprint density at radius 3 is 2.45 bits per heavy atom. The first-order valence-electron chi connectivity index (χ1n) is 9.10. The van der Waals surface area contributed by atoms with Crippen molar-refractivity contribution in [2.45, 2.75) is 24.3 Å². The van der Waals surface area contributed by atoms with Gasteiger partial charge in [-0.15, -0.1) is 13.2 Å². The molecule has 2 aromatic rings. The largest absolute Gasteiger partial charge is 0.573 e. The Morgan fingerprint density at radius 1 is 1.13 bits per heavy atom. The van der Waals surface area contributed by atoms with Crippen molar-refractivity contribution in [3.8, 4) is 11.8 Å². The number of nitrogens with zero attached hydrogens (tertiary/aromatic N) is 2. The molecule has 1 N–H and O–H groups in total. The highest BCUT2D eigenvalue weighted by molar-refractivity contribution is 7.89. The van der Waals surface area contributed by atoms with Crippen molar-refractivity contribution in [3.05, 3.63) is 71.4 Å². The number of ether oxygens (including phenoxy) is 1. The molecular weight excluding hydrogens is 435 g/mol. The Balaban J connectivity index is 1.56. The zero-order valence-corrected chi connectivity index (χ0v) is 16.9. The van der Waals surface area contributed by atoms with Gasteiger partial charge in [-0.3, -0.25) is 10.3 Å². The second-order valence-electron chi connectivity index (χ2n) is 6.52. The van der Waals surface area contributed by atoms with Crippen LogP contribution in [0.4, 0.5) is 13.2 Å². The molecule has 0 radical (unpaired) electrons. The van der Waals surface area contributed by atoms with E-state index in [4.69, 9.17) is 10.1 Å². The SMILES string of the molecule is N#Cc1ccccc1CONC1=CCN(S(=O)(=O)c2ccc(OC(F)(F)F)cc2)CC1. The van der Waals surface area contributed by atoms with E-state index < -0.39 is 22.1 Å². The molecule has 11 heteroatoms. The molecule has 31 heavy (non-hydrogen) atoms. The van der Waals surface area contributed by atoms with E-state index >= 15 is 0 Å². The zero-order chi connectivity index (χ0) is 22.5. The summed E-state index contributed by atoms with van der Waals surface area (Å²) in [6.45, 7) is 0.402. The molecular formula is C20H18F3N3O4S. The Bertz CT molecular complexity index is 1090. The summed E-state index contributed by atoms with van der Waals surface area (Å²) in [4.78, 5) is 5.29. The molecule has 7 nitrogen and oxygen atoms in total. The number of benzene rings is 2. The van der Waals surface area contributed by atoms with Crippen LogP contribution in [0.25, 0.3) is 0 Å². The summed E-state index contributed by atoms with van der Waals surface area (Å²) in [6, 6.07) is 13.1. The molecule has 164 valence electrons. The molecule has 0 bridgehead atoms. The lowest BCUT2D eigenvalue weighted by molar-refractivity contribution is -0.274. The Hall–Kier alpha value is -3.07. The number of sulfonamides is 1. The van der Waals surface area contributed by atoms with E-state index in [1.807, 2.05) is 0 Å².